The predicted octanol–water partition coefficient (Wildman–Crippen LogP) is 2.97. The predicted molar refractivity (Wildman–Crippen MR) is 99.0 cm³/mol. The topological polar surface area (TPSA) is 67.4 Å². The van der Waals surface area contributed by atoms with E-state index in [2.05, 4.69) is 10.6 Å². The SMILES string of the molecule is O=C1NC(=S)NC(=O)C1=Cc1ccc(OCc2ccc(F)cc2)c(Cl)c1. The Morgan fingerprint density at radius 1 is 1.08 bits per heavy atom. The van der Waals surface area contributed by atoms with Crippen LogP contribution in [0, 0.1) is 5.82 Å². The maximum atomic E-state index is 12.9. The number of hydrogen-bond donors (Lipinski definition) is 2. The fraction of sp³-hybridized carbons (Fsp3) is 0.0556. The number of hydrogen-bond acceptors (Lipinski definition) is 4. The van der Waals surface area contributed by atoms with Crippen LogP contribution in [0.5, 0.6) is 5.75 Å². The van der Waals surface area contributed by atoms with Crippen molar-refractivity contribution in [2.75, 3.05) is 0 Å². The van der Waals surface area contributed by atoms with E-state index in [0.29, 0.717) is 16.3 Å². The number of carbonyl (C=O) groups is 2. The summed E-state index contributed by atoms with van der Waals surface area (Å²) in [6.45, 7) is 0.225. The van der Waals surface area contributed by atoms with E-state index >= 15 is 0 Å². The first kappa shape index (κ1) is 18.0. The lowest BCUT2D eigenvalue weighted by Crippen LogP contribution is -2.51. The summed E-state index contributed by atoms with van der Waals surface area (Å²) in [5.41, 5.74) is 1.27. The molecule has 8 heteroatoms. The van der Waals surface area contributed by atoms with Crippen molar-refractivity contribution >= 4 is 46.8 Å². The molecule has 0 atom stereocenters. The Labute approximate surface area is 158 Å². The Balaban J connectivity index is 1.74. The minimum atomic E-state index is -0.577. The van der Waals surface area contributed by atoms with Crippen molar-refractivity contribution in [3.63, 3.8) is 0 Å². The highest BCUT2D eigenvalue weighted by atomic mass is 35.5. The summed E-state index contributed by atoms with van der Waals surface area (Å²) in [4.78, 5) is 23.7. The monoisotopic (exact) mass is 390 g/mol. The molecule has 2 aromatic carbocycles. The second-order valence-electron chi connectivity index (χ2n) is 5.40. The van der Waals surface area contributed by atoms with Crippen molar-refractivity contribution in [2.24, 2.45) is 0 Å². The van der Waals surface area contributed by atoms with Crippen LogP contribution in [0.25, 0.3) is 6.08 Å². The van der Waals surface area contributed by atoms with Crippen LogP contribution in [-0.2, 0) is 16.2 Å². The molecule has 1 aliphatic heterocycles. The average molecular weight is 391 g/mol. The summed E-state index contributed by atoms with van der Waals surface area (Å²) in [5.74, 6) is -1.05. The number of benzene rings is 2. The van der Waals surface area contributed by atoms with Crippen molar-refractivity contribution in [3.05, 3.63) is 70.0 Å². The fourth-order valence-corrected chi connectivity index (χ4v) is 2.67. The standard InChI is InChI=1S/C18H12ClFN2O3S/c19-14-8-11(7-13-16(23)21-18(26)22-17(13)24)3-6-15(14)25-9-10-1-4-12(20)5-2-10/h1-8H,9H2,(H2,21,22,23,24,26). The van der Waals surface area contributed by atoms with Crippen LogP contribution in [0.15, 0.2) is 48.0 Å². The molecule has 3 rings (SSSR count). The van der Waals surface area contributed by atoms with Gasteiger partial charge in [0.1, 0.15) is 23.7 Å². The summed E-state index contributed by atoms with van der Waals surface area (Å²) in [6, 6.07) is 10.8. The molecule has 0 spiro atoms. The lowest BCUT2D eigenvalue weighted by Gasteiger charge is -2.16. The zero-order valence-corrected chi connectivity index (χ0v) is 14.8. The first-order valence-corrected chi connectivity index (χ1v) is 8.26. The van der Waals surface area contributed by atoms with Crippen molar-refractivity contribution in [1.82, 2.24) is 10.6 Å². The van der Waals surface area contributed by atoms with E-state index < -0.39 is 11.8 Å². The highest BCUT2D eigenvalue weighted by Gasteiger charge is 2.25. The van der Waals surface area contributed by atoms with Crippen LogP contribution in [0.3, 0.4) is 0 Å². The summed E-state index contributed by atoms with van der Waals surface area (Å²) in [5, 5.41) is 5.00. The molecule has 0 unspecified atom stereocenters. The van der Waals surface area contributed by atoms with E-state index in [1.54, 1.807) is 30.3 Å². The second-order valence-corrected chi connectivity index (χ2v) is 6.22. The minimum absolute atomic E-state index is 0.0280. The van der Waals surface area contributed by atoms with Gasteiger partial charge in [0.15, 0.2) is 5.11 Å². The maximum Gasteiger partial charge on any atom is 0.263 e. The van der Waals surface area contributed by atoms with Crippen LogP contribution in [0.1, 0.15) is 11.1 Å². The molecule has 0 radical (unpaired) electrons. The average Bonchev–Trinajstić information content (AvgIpc) is 2.59. The van der Waals surface area contributed by atoms with Crippen LogP contribution in [0.2, 0.25) is 5.02 Å². The Kier molecular flexibility index (Phi) is 5.29. The molecular weight excluding hydrogens is 379 g/mol. The zero-order chi connectivity index (χ0) is 18.7. The van der Waals surface area contributed by atoms with Gasteiger partial charge in [-0.2, -0.15) is 0 Å². The van der Waals surface area contributed by atoms with Gasteiger partial charge < -0.3 is 4.74 Å². The van der Waals surface area contributed by atoms with Gasteiger partial charge in [-0.05, 0) is 53.7 Å². The van der Waals surface area contributed by atoms with Crippen molar-refractivity contribution in [3.8, 4) is 5.75 Å². The normalized spacial score (nSPS) is 13.9. The van der Waals surface area contributed by atoms with Crippen molar-refractivity contribution in [2.45, 2.75) is 6.61 Å². The second kappa shape index (κ2) is 7.63. The molecule has 1 aliphatic rings. The summed E-state index contributed by atoms with van der Waals surface area (Å²) >= 11 is 10.9. The summed E-state index contributed by atoms with van der Waals surface area (Å²) in [7, 11) is 0. The van der Waals surface area contributed by atoms with E-state index in [1.165, 1.54) is 18.2 Å². The molecule has 0 aliphatic carbocycles. The van der Waals surface area contributed by atoms with Crippen molar-refractivity contribution in [1.29, 1.82) is 0 Å². The molecule has 0 saturated carbocycles. The number of carbonyl (C=O) groups excluding carboxylic acids is 2. The smallest absolute Gasteiger partial charge is 0.263 e. The Morgan fingerprint density at radius 2 is 1.73 bits per heavy atom. The molecule has 2 amide bonds. The molecule has 26 heavy (non-hydrogen) atoms. The van der Waals surface area contributed by atoms with Crippen LogP contribution >= 0.6 is 23.8 Å². The van der Waals surface area contributed by atoms with Gasteiger partial charge in [-0.25, -0.2) is 4.39 Å². The molecule has 5 nitrogen and oxygen atoms in total. The number of nitrogens with one attached hydrogen (secondary N) is 2. The van der Waals surface area contributed by atoms with Gasteiger partial charge in [0.25, 0.3) is 11.8 Å². The molecule has 0 aromatic heterocycles. The molecular formula is C18H12ClFN2O3S. The van der Waals surface area contributed by atoms with E-state index in [0.717, 1.165) is 5.56 Å². The summed E-state index contributed by atoms with van der Waals surface area (Å²) < 4.78 is 18.5. The van der Waals surface area contributed by atoms with Gasteiger partial charge >= 0.3 is 0 Å². The van der Waals surface area contributed by atoms with Crippen LogP contribution in [0.4, 0.5) is 4.39 Å². The lowest BCUT2D eigenvalue weighted by atomic mass is 10.1. The molecule has 0 bridgehead atoms. The quantitative estimate of drug-likeness (QED) is 0.478. The van der Waals surface area contributed by atoms with E-state index in [4.69, 9.17) is 28.6 Å². The molecule has 2 aromatic rings. The van der Waals surface area contributed by atoms with Crippen LogP contribution < -0.4 is 15.4 Å². The third kappa shape index (κ3) is 4.25. The van der Waals surface area contributed by atoms with E-state index in [9.17, 15) is 14.0 Å². The van der Waals surface area contributed by atoms with Gasteiger partial charge in [0.05, 0.1) is 5.02 Å². The molecule has 1 heterocycles. The Morgan fingerprint density at radius 3 is 2.35 bits per heavy atom. The third-order valence-corrected chi connectivity index (χ3v) is 4.02. The number of ether oxygens (including phenoxy) is 1. The fourth-order valence-electron chi connectivity index (χ4n) is 2.24. The van der Waals surface area contributed by atoms with E-state index in [-0.39, 0.29) is 23.1 Å². The minimum Gasteiger partial charge on any atom is -0.487 e. The molecule has 1 fully saturated rings. The maximum absolute atomic E-state index is 12.9. The van der Waals surface area contributed by atoms with Gasteiger partial charge in [0.2, 0.25) is 0 Å². The van der Waals surface area contributed by atoms with Gasteiger partial charge in [-0.1, -0.05) is 29.8 Å². The third-order valence-electron chi connectivity index (χ3n) is 3.52. The molecule has 2 N–H and O–H groups in total. The number of thiocarbonyl (C=S) groups is 1. The van der Waals surface area contributed by atoms with Gasteiger partial charge in [0, 0.05) is 0 Å². The number of halogens is 2. The molecule has 1 saturated heterocycles. The first-order chi connectivity index (χ1) is 12.4. The lowest BCUT2D eigenvalue weighted by molar-refractivity contribution is -0.123. The number of amides is 2. The first-order valence-electron chi connectivity index (χ1n) is 7.47. The highest BCUT2D eigenvalue weighted by Crippen LogP contribution is 2.27. The molecule has 132 valence electrons. The van der Waals surface area contributed by atoms with Crippen molar-refractivity contribution < 1.29 is 18.7 Å². The van der Waals surface area contributed by atoms with E-state index in [1.807, 2.05) is 0 Å². The van der Waals surface area contributed by atoms with Gasteiger partial charge in [-0.3, -0.25) is 20.2 Å². The summed E-state index contributed by atoms with van der Waals surface area (Å²) in [6.07, 6.45) is 1.40. The van der Waals surface area contributed by atoms with Gasteiger partial charge in [-0.15, -0.1) is 0 Å². The van der Waals surface area contributed by atoms with Crippen LogP contribution in [-0.4, -0.2) is 16.9 Å². The Bertz CT molecular complexity index is 907. The number of rotatable bonds is 4. The highest BCUT2D eigenvalue weighted by molar-refractivity contribution is 7.80. The largest absolute Gasteiger partial charge is 0.487 e. The Hall–Kier alpha value is -2.77. The zero-order valence-electron chi connectivity index (χ0n) is 13.2.